The van der Waals surface area contributed by atoms with Crippen LogP contribution in [0.15, 0.2) is 52.0 Å². The van der Waals surface area contributed by atoms with Gasteiger partial charge < -0.3 is 9.52 Å². The monoisotopic (exact) mass is 394 g/mol. The Hall–Kier alpha value is -2.81. The molecular weight excluding hydrogens is 381 g/mol. The van der Waals surface area contributed by atoms with Gasteiger partial charge in [0.2, 0.25) is 5.76 Å². The van der Waals surface area contributed by atoms with Gasteiger partial charge in [-0.1, -0.05) is 41.6 Å². The van der Waals surface area contributed by atoms with E-state index in [0.717, 1.165) is 23.4 Å². The lowest BCUT2D eigenvalue weighted by Crippen LogP contribution is -2.10. The molecular formula is C18H13F3N2O3S. The molecule has 0 unspecified atom stereocenters. The number of thioether (sulfide) groups is 1. The highest BCUT2D eigenvalue weighted by Crippen LogP contribution is 2.32. The summed E-state index contributed by atoms with van der Waals surface area (Å²) in [5.41, 5.74) is 0.638. The van der Waals surface area contributed by atoms with Gasteiger partial charge in [0.15, 0.2) is 5.16 Å². The smallest absolute Gasteiger partial charge is 0.433 e. The molecule has 0 aliphatic rings. The number of carboxylic acids is 1. The molecule has 5 nitrogen and oxygen atoms in total. The number of furan rings is 1. The van der Waals surface area contributed by atoms with Crippen LogP contribution in [-0.2, 0) is 11.9 Å². The molecule has 27 heavy (non-hydrogen) atoms. The quantitative estimate of drug-likeness (QED) is 0.482. The number of alkyl halides is 3. The van der Waals surface area contributed by atoms with E-state index >= 15 is 0 Å². The molecule has 0 saturated heterocycles. The van der Waals surface area contributed by atoms with Gasteiger partial charge in [0.05, 0.1) is 11.4 Å². The van der Waals surface area contributed by atoms with Gasteiger partial charge in [0.1, 0.15) is 11.5 Å². The molecule has 0 amide bonds. The minimum absolute atomic E-state index is 0.0753. The molecule has 0 saturated carbocycles. The maximum absolute atomic E-state index is 13.2. The number of carboxylic acid groups (broad SMARTS) is 1. The Balaban J connectivity index is 1.90. The van der Waals surface area contributed by atoms with Crippen LogP contribution in [0.25, 0.3) is 11.3 Å². The van der Waals surface area contributed by atoms with Crippen molar-refractivity contribution < 1.29 is 27.5 Å². The fourth-order valence-corrected chi connectivity index (χ4v) is 2.97. The average Bonchev–Trinajstić information content (AvgIpc) is 3.09. The van der Waals surface area contributed by atoms with Crippen LogP contribution in [0.1, 0.15) is 27.6 Å². The van der Waals surface area contributed by atoms with Crippen LogP contribution in [0.5, 0.6) is 0 Å². The number of aryl methyl sites for hydroxylation is 1. The van der Waals surface area contributed by atoms with Crippen molar-refractivity contribution in [3.05, 3.63) is 65.2 Å². The van der Waals surface area contributed by atoms with Crippen molar-refractivity contribution >= 4 is 17.7 Å². The number of benzene rings is 1. The first kappa shape index (κ1) is 19.0. The minimum atomic E-state index is -4.61. The lowest BCUT2D eigenvalue weighted by Gasteiger charge is -2.10. The maximum Gasteiger partial charge on any atom is 0.433 e. The highest BCUT2D eigenvalue weighted by atomic mass is 32.2. The van der Waals surface area contributed by atoms with Crippen molar-refractivity contribution in [3.63, 3.8) is 0 Å². The molecule has 0 aliphatic carbocycles. The van der Waals surface area contributed by atoms with E-state index in [0.29, 0.717) is 11.3 Å². The predicted molar refractivity (Wildman–Crippen MR) is 92.4 cm³/mol. The summed E-state index contributed by atoms with van der Waals surface area (Å²) in [5, 5.41) is 8.77. The summed E-state index contributed by atoms with van der Waals surface area (Å²) < 4.78 is 44.7. The average molecular weight is 394 g/mol. The summed E-state index contributed by atoms with van der Waals surface area (Å²) in [6.45, 7) is 1.88. The van der Waals surface area contributed by atoms with Crippen LogP contribution < -0.4 is 0 Å². The van der Waals surface area contributed by atoms with Crippen LogP contribution in [0.4, 0.5) is 13.2 Å². The highest BCUT2D eigenvalue weighted by Gasteiger charge is 2.34. The van der Waals surface area contributed by atoms with E-state index in [4.69, 9.17) is 9.52 Å². The Morgan fingerprint density at radius 2 is 1.85 bits per heavy atom. The second-order valence-electron chi connectivity index (χ2n) is 5.64. The van der Waals surface area contributed by atoms with Gasteiger partial charge in [-0.25, -0.2) is 14.8 Å². The summed E-state index contributed by atoms with van der Waals surface area (Å²) >= 11 is 0.932. The standard InChI is InChI=1S/C18H13F3N2O3S/c1-10-2-4-11(5-3-10)13-8-15(18(19,20)21)23-17(22-13)27-9-12-6-7-14(26-12)16(24)25/h2-8H,9H2,1H3,(H,24,25). The zero-order valence-corrected chi connectivity index (χ0v) is 14.8. The van der Waals surface area contributed by atoms with Crippen molar-refractivity contribution in [1.82, 2.24) is 9.97 Å². The first-order chi connectivity index (χ1) is 12.7. The molecule has 1 N–H and O–H groups in total. The van der Waals surface area contributed by atoms with E-state index in [1.54, 1.807) is 24.3 Å². The van der Waals surface area contributed by atoms with Gasteiger partial charge in [-0.3, -0.25) is 0 Å². The Morgan fingerprint density at radius 3 is 2.44 bits per heavy atom. The van der Waals surface area contributed by atoms with Gasteiger partial charge in [-0.15, -0.1) is 0 Å². The molecule has 0 spiro atoms. The second kappa shape index (κ2) is 7.43. The van der Waals surface area contributed by atoms with Crippen molar-refractivity contribution in [3.8, 4) is 11.3 Å². The first-order valence-electron chi connectivity index (χ1n) is 7.70. The van der Waals surface area contributed by atoms with Crippen molar-refractivity contribution in [2.24, 2.45) is 0 Å². The highest BCUT2D eigenvalue weighted by molar-refractivity contribution is 7.98. The molecule has 0 bridgehead atoms. The molecule has 1 aromatic carbocycles. The predicted octanol–water partition coefficient (Wildman–Crippen LogP) is 5.05. The molecule has 3 aromatic rings. The second-order valence-corrected chi connectivity index (χ2v) is 6.59. The van der Waals surface area contributed by atoms with Crippen LogP contribution in [0.3, 0.4) is 0 Å². The van der Waals surface area contributed by atoms with Crippen LogP contribution in [-0.4, -0.2) is 21.0 Å². The fourth-order valence-electron chi connectivity index (χ4n) is 2.21. The molecule has 2 aromatic heterocycles. The third-order valence-corrected chi connectivity index (χ3v) is 4.43. The Bertz CT molecular complexity index is 969. The van der Waals surface area contributed by atoms with E-state index in [9.17, 15) is 18.0 Å². The number of aromatic carboxylic acids is 1. The van der Waals surface area contributed by atoms with E-state index < -0.39 is 17.8 Å². The maximum atomic E-state index is 13.2. The SMILES string of the molecule is Cc1ccc(-c2cc(C(F)(F)F)nc(SCc3ccc(C(=O)O)o3)n2)cc1. The fraction of sp³-hybridized carbons (Fsp3) is 0.167. The van der Waals surface area contributed by atoms with Gasteiger partial charge in [-0.05, 0) is 25.1 Å². The molecule has 3 rings (SSSR count). The minimum Gasteiger partial charge on any atom is -0.475 e. The molecule has 0 radical (unpaired) electrons. The Labute approximate surface area is 156 Å². The van der Waals surface area contributed by atoms with Gasteiger partial charge >= 0.3 is 12.1 Å². The van der Waals surface area contributed by atoms with Crippen molar-refractivity contribution in [2.45, 2.75) is 24.0 Å². The lowest BCUT2D eigenvalue weighted by molar-refractivity contribution is -0.141. The summed E-state index contributed by atoms with van der Waals surface area (Å²) in [4.78, 5) is 18.6. The van der Waals surface area contributed by atoms with Crippen molar-refractivity contribution in [2.75, 3.05) is 0 Å². The third kappa shape index (κ3) is 4.68. The van der Waals surface area contributed by atoms with Crippen LogP contribution >= 0.6 is 11.8 Å². The van der Waals surface area contributed by atoms with E-state index in [-0.39, 0.29) is 22.4 Å². The normalized spacial score (nSPS) is 11.6. The number of hydrogen-bond donors (Lipinski definition) is 1. The Morgan fingerprint density at radius 1 is 1.15 bits per heavy atom. The van der Waals surface area contributed by atoms with Gasteiger partial charge in [0.25, 0.3) is 0 Å². The molecule has 9 heteroatoms. The molecule has 2 heterocycles. The first-order valence-corrected chi connectivity index (χ1v) is 8.69. The number of carbonyl (C=O) groups is 1. The summed E-state index contributed by atoms with van der Waals surface area (Å²) in [6.07, 6.45) is -4.61. The van der Waals surface area contributed by atoms with Gasteiger partial charge in [-0.2, -0.15) is 13.2 Å². The molecule has 0 atom stereocenters. The number of rotatable bonds is 5. The zero-order chi connectivity index (χ0) is 19.6. The third-order valence-electron chi connectivity index (χ3n) is 3.56. The number of halogens is 3. The van der Waals surface area contributed by atoms with E-state index in [2.05, 4.69) is 9.97 Å². The topological polar surface area (TPSA) is 76.2 Å². The lowest BCUT2D eigenvalue weighted by atomic mass is 10.1. The summed E-state index contributed by atoms with van der Waals surface area (Å²) in [7, 11) is 0. The van der Waals surface area contributed by atoms with Gasteiger partial charge in [0, 0.05) is 5.56 Å². The van der Waals surface area contributed by atoms with Crippen LogP contribution in [0, 0.1) is 6.92 Å². The summed E-state index contributed by atoms with van der Waals surface area (Å²) in [6, 6.07) is 10.6. The number of hydrogen-bond acceptors (Lipinski definition) is 5. The largest absolute Gasteiger partial charge is 0.475 e. The molecule has 0 fully saturated rings. The molecule has 140 valence electrons. The number of nitrogens with zero attached hydrogens (tertiary/aromatic N) is 2. The van der Waals surface area contributed by atoms with E-state index in [1.807, 2.05) is 6.92 Å². The van der Waals surface area contributed by atoms with Crippen LogP contribution in [0.2, 0.25) is 0 Å². The van der Waals surface area contributed by atoms with E-state index in [1.165, 1.54) is 12.1 Å². The molecule has 0 aliphatic heterocycles. The van der Waals surface area contributed by atoms with Crippen molar-refractivity contribution in [1.29, 1.82) is 0 Å². The number of aromatic nitrogens is 2. The zero-order valence-electron chi connectivity index (χ0n) is 13.9. The summed E-state index contributed by atoms with van der Waals surface area (Å²) in [5.74, 6) is -1.06. The Kier molecular flexibility index (Phi) is 5.22.